The molecule has 0 aliphatic heterocycles. The summed E-state index contributed by atoms with van der Waals surface area (Å²) < 4.78 is 0. The lowest BCUT2D eigenvalue weighted by molar-refractivity contribution is -0.109. The van der Waals surface area contributed by atoms with E-state index in [1.54, 1.807) is 5.57 Å². The van der Waals surface area contributed by atoms with Gasteiger partial charge >= 0.3 is 0 Å². The highest BCUT2D eigenvalue weighted by Crippen LogP contribution is 2.59. The Morgan fingerprint density at radius 2 is 2.29 bits per heavy atom. The second-order valence-electron chi connectivity index (χ2n) is 6.16. The van der Waals surface area contributed by atoms with E-state index in [0.717, 1.165) is 24.5 Å². The van der Waals surface area contributed by atoms with Crippen LogP contribution >= 0.6 is 15.9 Å². The zero-order valence-corrected chi connectivity index (χ0v) is 12.5. The maximum absolute atomic E-state index is 10.7. The maximum Gasteiger partial charge on any atom is 0.120 e. The van der Waals surface area contributed by atoms with Gasteiger partial charge in [-0.15, -0.1) is 0 Å². The number of fused-ring (bicyclic) bond motifs is 1. The smallest absolute Gasteiger partial charge is 0.120 e. The molecule has 0 amide bonds. The molecule has 0 aromatic rings. The van der Waals surface area contributed by atoms with Gasteiger partial charge in [0.25, 0.3) is 0 Å². The fraction of sp³-hybridized carbons (Fsp3) is 0.800. The molecule has 2 fully saturated rings. The molecule has 2 aliphatic carbocycles. The average molecular weight is 299 g/mol. The second kappa shape index (κ2) is 5.26. The van der Waals surface area contributed by atoms with Crippen LogP contribution in [0.15, 0.2) is 10.6 Å². The first-order valence-electron chi connectivity index (χ1n) is 6.86. The summed E-state index contributed by atoms with van der Waals surface area (Å²) >= 11 is 3.54. The molecule has 3 unspecified atom stereocenters. The van der Waals surface area contributed by atoms with Crippen molar-refractivity contribution in [1.82, 2.24) is 0 Å². The molecule has 2 heteroatoms. The fourth-order valence-corrected chi connectivity index (χ4v) is 5.01. The Bertz CT molecular complexity index is 323. The normalized spacial score (nSPS) is 41.2. The van der Waals surface area contributed by atoms with Crippen molar-refractivity contribution in [2.45, 2.75) is 52.4 Å². The van der Waals surface area contributed by atoms with Crippen LogP contribution in [-0.4, -0.2) is 6.29 Å². The Labute approximate surface area is 113 Å². The SMILES string of the molecule is C[C@H](CC=O)C1CCC2/C(=C/Br)CCCC21C. The summed E-state index contributed by atoms with van der Waals surface area (Å²) in [6.07, 6.45) is 8.39. The van der Waals surface area contributed by atoms with Gasteiger partial charge in [0.2, 0.25) is 0 Å². The molecule has 0 aromatic carbocycles. The van der Waals surface area contributed by atoms with Crippen LogP contribution in [0.3, 0.4) is 0 Å². The predicted molar refractivity (Wildman–Crippen MR) is 75.0 cm³/mol. The van der Waals surface area contributed by atoms with Crippen LogP contribution in [0.5, 0.6) is 0 Å². The van der Waals surface area contributed by atoms with Crippen molar-refractivity contribution < 1.29 is 4.79 Å². The number of halogens is 1. The van der Waals surface area contributed by atoms with Gasteiger partial charge in [-0.05, 0) is 60.3 Å². The van der Waals surface area contributed by atoms with Gasteiger partial charge in [-0.2, -0.15) is 0 Å². The van der Waals surface area contributed by atoms with E-state index < -0.39 is 0 Å². The molecule has 2 rings (SSSR count). The highest BCUT2D eigenvalue weighted by atomic mass is 79.9. The zero-order valence-electron chi connectivity index (χ0n) is 10.9. The molecule has 2 aliphatic rings. The summed E-state index contributed by atoms with van der Waals surface area (Å²) in [5.41, 5.74) is 2.06. The molecule has 0 saturated heterocycles. The highest BCUT2D eigenvalue weighted by Gasteiger charge is 2.50. The quantitative estimate of drug-likeness (QED) is 0.690. The molecular formula is C15H23BrO. The molecule has 2 saturated carbocycles. The number of aldehydes is 1. The van der Waals surface area contributed by atoms with Crippen LogP contribution < -0.4 is 0 Å². The molecule has 17 heavy (non-hydrogen) atoms. The Morgan fingerprint density at radius 3 is 2.94 bits per heavy atom. The van der Waals surface area contributed by atoms with Gasteiger partial charge in [-0.1, -0.05) is 35.4 Å². The van der Waals surface area contributed by atoms with Crippen molar-refractivity contribution in [3.63, 3.8) is 0 Å². The third kappa shape index (κ3) is 2.25. The second-order valence-corrected chi connectivity index (χ2v) is 6.62. The standard InChI is InChI=1S/C15H23BrO/c1-11(7-9-17)13-5-6-14-12(10-16)4-3-8-15(13,14)2/h9-11,13-14H,3-8H2,1-2H3/b12-10+/t11-,13?,14?,15?/m1/s1. The molecule has 0 radical (unpaired) electrons. The highest BCUT2D eigenvalue weighted by molar-refractivity contribution is 9.11. The Balaban J connectivity index is 2.20. The molecule has 0 aromatic heterocycles. The van der Waals surface area contributed by atoms with Crippen LogP contribution in [0.25, 0.3) is 0 Å². The number of allylic oxidation sites excluding steroid dienone is 1. The first kappa shape index (κ1) is 13.3. The Morgan fingerprint density at radius 1 is 1.53 bits per heavy atom. The van der Waals surface area contributed by atoms with Crippen molar-refractivity contribution in [1.29, 1.82) is 0 Å². The lowest BCUT2D eigenvalue weighted by atomic mass is 9.61. The van der Waals surface area contributed by atoms with E-state index in [-0.39, 0.29) is 0 Å². The molecule has 0 N–H and O–H groups in total. The van der Waals surface area contributed by atoms with Gasteiger partial charge in [-0.25, -0.2) is 0 Å². The summed E-state index contributed by atoms with van der Waals surface area (Å²) in [6.45, 7) is 4.73. The van der Waals surface area contributed by atoms with E-state index in [4.69, 9.17) is 0 Å². The first-order valence-corrected chi connectivity index (χ1v) is 7.78. The van der Waals surface area contributed by atoms with E-state index in [1.807, 2.05) is 0 Å². The summed E-state index contributed by atoms with van der Waals surface area (Å²) in [6, 6.07) is 0. The van der Waals surface area contributed by atoms with Gasteiger partial charge in [-0.3, -0.25) is 0 Å². The van der Waals surface area contributed by atoms with Crippen LogP contribution in [0.1, 0.15) is 52.4 Å². The largest absolute Gasteiger partial charge is 0.303 e. The number of carbonyl (C=O) groups excluding carboxylic acids is 1. The van der Waals surface area contributed by atoms with Crippen LogP contribution in [0.2, 0.25) is 0 Å². The van der Waals surface area contributed by atoms with Gasteiger partial charge < -0.3 is 4.79 Å². The third-order valence-corrected chi connectivity index (χ3v) is 5.92. The summed E-state index contributed by atoms with van der Waals surface area (Å²) in [5.74, 6) is 2.05. The van der Waals surface area contributed by atoms with Gasteiger partial charge in [0.15, 0.2) is 0 Å². The van der Waals surface area contributed by atoms with E-state index in [0.29, 0.717) is 11.3 Å². The topological polar surface area (TPSA) is 17.1 Å². The molecule has 96 valence electrons. The van der Waals surface area contributed by atoms with Crippen LogP contribution in [0, 0.1) is 23.2 Å². The summed E-state index contributed by atoms with van der Waals surface area (Å²) in [4.78, 5) is 12.9. The van der Waals surface area contributed by atoms with Gasteiger partial charge in [0.1, 0.15) is 6.29 Å². The van der Waals surface area contributed by atoms with Crippen molar-refractivity contribution in [2.24, 2.45) is 23.2 Å². The van der Waals surface area contributed by atoms with Crippen LogP contribution in [-0.2, 0) is 4.79 Å². The summed E-state index contributed by atoms with van der Waals surface area (Å²) in [7, 11) is 0. The van der Waals surface area contributed by atoms with Gasteiger partial charge in [0.05, 0.1) is 0 Å². The monoisotopic (exact) mass is 298 g/mol. The van der Waals surface area contributed by atoms with Crippen LogP contribution in [0.4, 0.5) is 0 Å². The predicted octanol–water partition coefficient (Wildman–Crippen LogP) is 4.71. The average Bonchev–Trinajstić information content (AvgIpc) is 2.66. The Hall–Kier alpha value is -0.110. The minimum atomic E-state index is 0.445. The van der Waals surface area contributed by atoms with Gasteiger partial charge in [0, 0.05) is 6.42 Å². The lowest BCUT2D eigenvalue weighted by Gasteiger charge is -2.44. The van der Waals surface area contributed by atoms with Crippen molar-refractivity contribution in [2.75, 3.05) is 0 Å². The number of rotatable bonds is 3. The first-order chi connectivity index (χ1) is 8.13. The molecule has 0 heterocycles. The molecule has 1 nitrogen and oxygen atoms in total. The minimum Gasteiger partial charge on any atom is -0.303 e. The van der Waals surface area contributed by atoms with Crippen molar-refractivity contribution >= 4 is 22.2 Å². The number of carbonyl (C=O) groups is 1. The van der Waals surface area contributed by atoms with Crippen molar-refractivity contribution in [3.05, 3.63) is 10.6 Å². The number of hydrogen-bond donors (Lipinski definition) is 0. The summed E-state index contributed by atoms with van der Waals surface area (Å²) in [5, 5.41) is 0. The molecule has 4 atom stereocenters. The number of hydrogen-bond acceptors (Lipinski definition) is 1. The fourth-order valence-electron chi connectivity index (χ4n) is 4.46. The third-order valence-electron chi connectivity index (χ3n) is 5.33. The minimum absolute atomic E-state index is 0.445. The molecule has 0 bridgehead atoms. The molecule has 0 spiro atoms. The van der Waals surface area contributed by atoms with E-state index in [2.05, 4.69) is 34.8 Å². The van der Waals surface area contributed by atoms with E-state index in [9.17, 15) is 4.79 Å². The maximum atomic E-state index is 10.7. The van der Waals surface area contributed by atoms with E-state index in [1.165, 1.54) is 32.1 Å². The lowest BCUT2D eigenvalue weighted by Crippen LogP contribution is -2.36. The zero-order chi connectivity index (χ0) is 12.5. The molecular weight excluding hydrogens is 276 g/mol. The van der Waals surface area contributed by atoms with Crippen molar-refractivity contribution in [3.8, 4) is 0 Å². The van der Waals surface area contributed by atoms with E-state index >= 15 is 0 Å². The Kier molecular flexibility index (Phi) is 4.12.